The van der Waals surface area contributed by atoms with Gasteiger partial charge in [0.1, 0.15) is 0 Å². The number of aromatic nitrogens is 2. The van der Waals surface area contributed by atoms with E-state index in [0.717, 1.165) is 0 Å². The molecule has 0 amide bonds. The smallest absolute Gasteiger partial charge is 0.188 e. The van der Waals surface area contributed by atoms with E-state index in [1.807, 2.05) is 0 Å². The third-order valence-corrected chi connectivity index (χ3v) is 7.97. The van der Waals surface area contributed by atoms with E-state index >= 15 is 0 Å². The summed E-state index contributed by atoms with van der Waals surface area (Å²) in [4.78, 5) is 0. The summed E-state index contributed by atoms with van der Waals surface area (Å²) >= 11 is 0. The third kappa shape index (κ3) is 2.54. The van der Waals surface area contributed by atoms with Gasteiger partial charge in [0.25, 0.3) is 0 Å². The van der Waals surface area contributed by atoms with Crippen molar-refractivity contribution in [3.05, 3.63) is 138 Å². The van der Waals surface area contributed by atoms with Crippen LogP contribution in [0.4, 0.5) is 0 Å². The number of benzene rings is 3. The van der Waals surface area contributed by atoms with Crippen LogP contribution in [0.1, 0.15) is 28.8 Å². The van der Waals surface area contributed by atoms with Crippen LogP contribution >= 0.6 is 0 Å². The van der Waals surface area contributed by atoms with Gasteiger partial charge in [-0.2, -0.15) is 9.13 Å². The van der Waals surface area contributed by atoms with Crippen molar-refractivity contribution in [2.24, 2.45) is 0 Å². The van der Waals surface area contributed by atoms with Crippen molar-refractivity contribution in [3.63, 3.8) is 0 Å². The van der Waals surface area contributed by atoms with Gasteiger partial charge in [-0.05, 0) is 41.5 Å². The summed E-state index contributed by atoms with van der Waals surface area (Å²) in [5.74, 6) is 0.409. The Balaban J connectivity index is 1.43. The molecule has 1 saturated carbocycles. The molecule has 3 aliphatic rings. The lowest BCUT2D eigenvalue weighted by atomic mass is 9.96. The van der Waals surface area contributed by atoms with Crippen LogP contribution in [0.3, 0.4) is 0 Å². The van der Waals surface area contributed by atoms with Crippen molar-refractivity contribution in [1.29, 1.82) is 0 Å². The number of allylic oxidation sites excluding steroid dienone is 1. The highest BCUT2D eigenvalue weighted by Crippen LogP contribution is 2.62. The number of rotatable bonds is 1. The molecule has 0 bridgehead atoms. The Hall–Kier alpha value is -4.30. The third-order valence-electron chi connectivity index (χ3n) is 7.97. The number of pyridine rings is 2. The lowest BCUT2D eigenvalue weighted by Crippen LogP contribution is -2.41. The van der Waals surface area contributed by atoms with Crippen molar-refractivity contribution in [1.82, 2.24) is 0 Å². The molecule has 164 valence electrons. The van der Waals surface area contributed by atoms with Gasteiger partial charge in [-0.1, -0.05) is 60.7 Å². The zero-order chi connectivity index (χ0) is 23.1. The summed E-state index contributed by atoms with van der Waals surface area (Å²) in [5.41, 5.74) is 14.8. The zero-order valence-electron chi connectivity index (χ0n) is 19.5. The summed E-state index contributed by atoms with van der Waals surface area (Å²) in [7, 11) is 0. The van der Waals surface area contributed by atoms with E-state index in [2.05, 4.69) is 131 Å². The van der Waals surface area contributed by atoms with Crippen molar-refractivity contribution < 1.29 is 9.13 Å². The predicted molar refractivity (Wildman–Crippen MR) is 138 cm³/mol. The lowest BCUT2D eigenvalue weighted by molar-refractivity contribution is -0.694. The number of aryl methyl sites for hydroxylation is 1. The topological polar surface area (TPSA) is 7.76 Å². The van der Waals surface area contributed by atoms with Crippen LogP contribution in [0, 0.1) is 6.92 Å². The number of nitrogens with zero attached hydrogens (tertiary/aromatic N) is 2. The largest absolute Gasteiger partial charge is 0.226 e. The molecule has 5 aromatic rings. The molecule has 2 aromatic heterocycles. The van der Waals surface area contributed by atoms with Gasteiger partial charge in [0.05, 0.1) is 28.2 Å². The molecular formula is C33H24N2+2. The van der Waals surface area contributed by atoms with Crippen molar-refractivity contribution >= 4 is 5.70 Å². The van der Waals surface area contributed by atoms with Crippen LogP contribution in [0.5, 0.6) is 0 Å². The minimum absolute atomic E-state index is 0.364. The van der Waals surface area contributed by atoms with Crippen LogP contribution in [-0.4, -0.2) is 0 Å². The molecule has 0 saturated heterocycles. The van der Waals surface area contributed by atoms with Gasteiger partial charge in [0.2, 0.25) is 17.1 Å². The van der Waals surface area contributed by atoms with Gasteiger partial charge in [-0.15, -0.1) is 0 Å². The van der Waals surface area contributed by atoms with Crippen molar-refractivity contribution in [2.75, 3.05) is 0 Å². The molecule has 2 heteroatoms. The Morgan fingerprint density at radius 2 is 1.31 bits per heavy atom. The highest BCUT2D eigenvalue weighted by molar-refractivity contribution is 5.86. The summed E-state index contributed by atoms with van der Waals surface area (Å²) in [6.45, 7) is 2.24. The molecular weight excluding hydrogens is 424 g/mol. The van der Waals surface area contributed by atoms with E-state index in [0.29, 0.717) is 12.0 Å². The van der Waals surface area contributed by atoms with E-state index in [9.17, 15) is 0 Å². The average molecular weight is 449 g/mol. The summed E-state index contributed by atoms with van der Waals surface area (Å²) < 4.78 is 5.03. The molecule has 0 radical (unpaired) electrons. The molecule has 3 aromatic carbocycles. The average Bonchev–Trinajstić information content (AvgIpc) is 3.56. The van der Waals surface area contributed by atoms with Crippen LogP contribution < -0.4 is 9.13 Å². The number of hydrogen-bond acceptors (Lipinski definition) is 0. The van der Waals surface area contributed by atoms with E-state index in [4.69, 9.17) is 0 Å². The molecule has 2 atom stereocenters. The van der Waals surface area contributed by atoms with Crippen LogP contribution in [0.15, 0.2) is 121 Å². The van der Waals surface area contributed by atoms with E-state index < -0.39 is 0 Å². The molecule has 0 spiro atoms. The molecule has 1 aliphatic carbocycles. The Morgan fingerprint density at radius 1 is 0.571 bits per heavy atom. The van der Waals surface area contributed by atoms with Gasteiger partial charge in [-0.3, -0.25) is 0 Å². The standard InChI is InChI=1S/C33H24N2/c1-21-10-9-17-29-24-13-5-7-15-26(24)30-31(33(30)35(21)29)32-27-16-8-6-14-25(27)28-19-18-23(20-34(28)32)22-11-3-2-4-12-22/h2-20,30,33H,1H3/q+2/b32-31+. The molecule has 35 heavy (non-hydrogen) atoms. The van der Waals surface area contributed by atoms with E-state index in [1.165, 1.54) is 61.7 Å². The Morgan fingerprint density at radius 3 is 2.17 bits per heavy atom. The highest BCUT2D eigenvalue weighted by atomic mass is 15.1. The lowest BCUT2D eigenvalue weighted by Gasteiger charge is -2.14. The maximum absolute atomic E-state index is 2.57. The molecule has 2 unspecified atom stereocenters. The van der Waals surface area contributed by atoms with Crippen LogP contribution in [0.25, 0.3) is 39.3 Å². The first-order valence-electron chi connectivity index (χ1n) is 12.4. The second kappa shape index (κ2) is 6.86. The fourth-order valence-electron chi connectivity index (χ4n) is 6.43. The fourth-order valence-corrected chi connectivity index (χ4v) is 6.43. The first-order valence-corrected chi connectivity index (χ1v) is 12.4. The number of fused-ring (bicyclic) bond motifs is 9. The minimum Gasteiger partial charge on any atom is -0.188 e. The first-order chi connectivity index (χ1) is 17.3. The van der Waals surface area contributed by atoms with E-state index in [1.54, 1.807) is 0 Å². The first kappa shape index (κ1) is 19.1. The van der Waals surface area contributed by atoms with Crippen LogP contribution in [0.2, 0.25) is 0 Å². The Labute approximate surface area is 205 Å². The Kier molecular flexibility index (Phi) is 3.74. The summed E-state index contributed by atoms with van der Waals surface area (Å²) in [6, 6.07) is 40.2. The number of hydrogen-bond donors (Lipinski definition) is 0. The fraction of sp³-hybridized carbons (Fsp3) is 0.0909. The maximum Gasteiger partial charge on any atom is 0.226 e. The summed E-state index contributed by atoms with van der Waals surface area (Å²) in [6.07, 6.45) is 2.34. The highest BCUT2D eigenvalue weighted by Gasteiger charge is 2.63. The quantitative estimate of drug-likeness (QED) is 0.254. The van der Waals surface area contributed by atoms with Crippen molar-refractivity contribution in [2.45, 2.75) is 18.9 Å². The van der Waals surface area contributed by atoms with E-state index in [-0.39, 0.29) is 0 Å². The van der Waals surface area contributed by atoms with Crippen LogP contribution in [-0.2, 0) is 0 Å². The van der Waals surface area contributed by atoms with Gasteiger partial charge in [0.15, 0.2) is 17.9 Å². The summed E-state index contributed by atoms with van der Waals surface area (Å²) in [5, 5.41) is 0. The van der Waals surface area contributed by atoms with Gasteiger partial charge >= 0.3 is 0 Å². The second-order valence-electron chi connectivity index (χ2n) is 9.82. The monoisotopic (exact) mass is 448 g/mol. The predicted octanol–water partition coefficient (Wildman–Crippen LogP) is 6.50. The normalized spacial score (nSPS) is 20.4. The molecule has 2 aliphatic heterocycles. The Bertz CT molecular complexity index is 1710. The SMILES string of the molecule is Cc1cccc2[n+]1C1/C(=C3\c4ccccc4-c4ccc(-c5ccccc5)c[n+]43)C1c1ccccc1-2. The molecule has 1 fully saturated rings. The van der Waals surface area contributed by atoms with Gasteiger partial charge in [0, 0.05) is 30.7 Å². The van der Waals surface area contributed by atoms with Gasteiger partial charge < -0.3 is 0 Å². The maximum atomic E-state index is 2.57. The van der Waals surface area contributed by atoms with Gasteiger partial charge in [-0.25, -0.2) is 0 Å². The molecule has 8 rings (SSSR count). The minimum atomic E-state index is 0.364. The molecule has 4 heterocycles. The second-order valence-corrected chi connectivity index (χ2v) is 9.82. The van der Waals surface area contributed by atoms with Crippen molar-refractivity contribution in [3.8, 4) is 33.6 Å². The zero-order valence-corrected chi connectivity index (χ0v) is 19.5. The molecule has 2 nitrogen and oxygen atoms in total. The molecule has 0 N–H and O–H groups in total.